The number of rotatable bonds is 14. The van der Waals surface area contributed by atoms with Gasteiger partial charge < -0.3 is 40.8 Å². The number of hydrogen-bond acceptors (Lipinski definition) is 8. The van der Waals surface area contributed by atoms with Crippen molar-refractivity contribution in [2.75, 3.05) is 26.2 Å². The molecular weight excluding hydrogens is 602 g/mol. The standard InChI is InChI=1S/C36H35N3O8/c40-30-15-13-28(29-14-16-32(42)39-33(29)30)31(41)22-37-18-17-23-9-11-24(12-10-23)34(43)38-19-20-47-27-8-4-7-26(21-27)36(46,35(44)45)25-5-2-1-3-6-25/h1-16,21,31,37,40-41,46H,17-20,22H2,(H,38,43)(H,39,42)(H,44,45). The first-order valence-electron chi connectivity index (χ1n) is 15.0. The van der Waals surface area contributed by atoms with Crippen molar-refractivity contribution in [2.24, 2.45) is 0 Å². The van der Waals surface area contributed by atoms with E-state index in [1.165, 1.54) is 24.3 Å². The van der Waals surface area contributed by atoms with Crippen LogP contribution in [0.5, 0.6) is 11.5 Å². The van der Waals surface area contributed by atoms with Gasteiger partial charge in [0.05, 0.1) is 18.2 Å². The maximum Gasteiger partial charge on any atom is 0.345 e. The molecule has 0 aliphatic heterocycles. The smallest absolute Gasteiger partial charge is 0.345 e. The van der Waals surface area contributed by atoms with Gasteiger partial charge in [-0.3, -0.25) is 9.59 Å². The van der Waals surface area contributed by atoms with Crippen molar-refractivity contribution in [3.05, 3.63) is 141 Å². The molecule has 47 heavy (non-hydrogen) atoms. The van der Waals surface area contributed by atoms with Crippen LogP contribution >= 0.6 is 0 Å². The molecule has 0 bridgehead atoms. The molecule has 4 aromatic carbocycles. The van der Waals surface area contributed by atoms with Crippen LogP contribution in [0.4, 0.5) is 0 Å². The fourth-order valence-corrected chi connectivity index (χ4v) is 5.29. The van der Waals surface area contributed by atoms with Crippen LogP contribution in [0, 0.1) is 0 Å². The molecule has 5 aromatic rings. The quantitative estimate of drug-likeness (QED) is 0.0900. The van der Waals surface area contributed by atoms with E-state index in [-0.39, 0.29) is 53.6 Å². The number of aromatic nitrogens is 1. The number of carboxylic acids is 1. The number of aromatic amines is 1. The van der Waals surface area contributed by atoms with Gasteiger partial charge in [0.1, 0.15) is 18.1 Å². The highest BCUT2D eigenvalue weighted by molar-refractivity contribution is 5.94. The average molecular weight is 638 g/mol. The van der Waals surface area contributed by atoms with E-state index in [2.05, 4.69) is 15.6 Å². The van der Waals surface area contributed by atoms with Crippen molar-refractivity contribution >= 4 is 22.8 Å². The molecule has 0 aliphatic carbocycles. The monoisotopic (exact) mass is 637 g/mol. The summed E-state index contributed by atoms with van der Waals surface area (Å²) >= 11 is 0. The highest BCUT2D eigenvalue weighted by Gasteiger charge is 2.40. The van der Waals surface area contributed by atoms with Crippen LogP contribution < -0.4 is 20.9 Å². The number of phenols is 1. The van der Waals surface area contributed by atoms with Crippen molar-refractivity contribution < 1.29 is 34.8 Å². The van der Waals surface area contributed by atoms with Gasteiger partial charge >= 0.3 is 5.97 Å². The van der Waals surface area contributed by atoms with E-state index >= 15 is 0 Å². The van der Waals surface area contributed by atoms with E-state index in [4.69, 9.17) is 4.74 Å². The second kappa shape index (κ2) is 14.7. The van der Waals surface area contributed by atoms with Crippen molar-refractivity contribution in [2.45, 2.75) is 18.1 Å². The number of pyridine rings is 1. The maximum absolute atomic E-state index is 12.6. The molecule has 5 rings (SSSR count). The Morgan fingerprint density at radius 2 is 1.62 bits per heavy atom. The Balaban J connectivity index is 1.06. The molecule has 1 amide bonds. The highest BCUT2D eigenvalue weighted by atomic mass is 16.5. The Labute approximate surface area is 270 Å². The number of aliphatic hydroxyl groups excluding tert-OH is 1. The van der Waals surface area contributed by atoms with Crippen LogP contribution in [0.15, 0.2) is 108 Å². The lowest BCUT2D eigenvalue weighted by Gasteiger charge is -2.25. The Morgan fingerprint density at radius 1 is 0.872 bits per heavy atom. The lowest BCUT2D eigenvalue weighted by molar-refractivity contribution is -0.155. The number of nitrogens with one attached hydrogen (secondary N) is 3. The minimum absolute atomic E-state index is 0.0638. The molecule has 0 radical (unpaired) electrons. The largest absolute Gasteiger partial charge is 0.506 e. The van der Waals surface area contributed by atoms with Gasteiger partial charge in [-0.2, -0.15) is 0 Å². The van der Waals surface area contributed by atoms with Crippen LogP contribution in [0.1, 0.15) is 38.7 Å². The number of amides is 1. The van der Waals surface area contributed by atoms with Crippen LogP contribution in [-0.2, 0) is 16.8 Å². The first-order valence-corrected chi connectivity index (χ1v) is 15.0. The Hall–Kier alpha value is -5.49. The predicted molar refractivity (Wildman–Crippen MR) is 176 cm³/mol. The maximum atomic E-state index is 12.6. The van der Waals surface area contributed by atoms with Gasteiger partial charge in [0.15, 0.2) is 0 Å². The lowest BCUT2D eigenvalue weighted by Crippen LogP contribution is -2.36. The number of aromatic hydroxyl groups is 1. The van der Waals surface area contributed by atoms with Crippen LogP contribution in [0.3, 0.4) is 0 Å². The molecule has 0 spiro atoms. The van der Waals surface area contributed by atoms with Gasteiger partial charge in [-0.1, -0.05) is 60.7 Å². The fourth-order valence-electron chi connectivity index (χ4n) is 5.29. The summed E-state index contributed by atoms with van der Waals surface area (Å²) in [6.07, 6.45) is -0.197. The van der Waals surface area contributed by atoms with E-state index < -0.39 is 17.7 Å². The average Bonchev–Trinajstić information content (AvgIpc) is 3.09. The molecule has 0 fully saturated rings. The lowest BCUT2D eigenvalue weighted by atomic mass is 9.86. The number of aliphatic hydroxyl groups is 2. The van der Waals surface area contributed by atoms with Gasteiger partial charge in [-0.05, 0) is 66.1 Å². The SMILES string of the molecule is O=C(NCCOc1cccc(C(O)(C(=O)O)c2ccccc2)c1)c1ccc(CCNCC(O)c2ccc(O)c3[nH]c(=O)ccc23)cc1. The summed E-state index contributed by atoms with van der Waals surface area (Å²) in [6.45, 7) is 1.16. The van der Waals surface area contributed by atoms with Gasteiger partial charge in [0, 0.05) is 29.1 Å². The van der Waals surface area contributed by atoms with E-state index in [1.807, 2.05) is 12.1 Å². The summed E-state index contributed by atoms with van der Waals surface area (Å²) < 4.78 is 5.72. The third-order valence-corrected chi connectivity index (χ3v) is 7.82. The number of hydrogen-bond donors (Lipinski definition) is 7. The normalized spacial score (nSPS) is 13.1. The Bertz CT molecular complexity index is 1910. The number of ether oxygens (including phenoxy) is 1. The summed E-state index contributed by atoms with van der Waals surface area (Å²) in [6, 6.07) is 27.5. The number of H-pyrrole nitrogens is 1. The van der Waals surface area contributed by atoms with Gasteiger partial charge in [-0.15, -0.1) is 0 Å². The van der Waals surface area contributed by atoms with E-state index in [0.29, 0.717) is 35.2 Å². The molecule has 2 atom stereocenters. The third-order valence-electron chi connectivity index (χ3n) is 7.82. The molecule has 0 saturated carbocycles. The predicted octanol–water partition coefficient (Wildman–Crippen LogP) is 3.23. The zero-order valence-electron chi connectivity index (χ0n) is 25.3. The number of aliphatic carboxylic acids is 1. The van der Waals surface area contributed by atoms with E-state index in [1.54, 1.807) is 66.7 Å². The number of phenolic OH excluding ortho intramolecular Hbond substituents is 1. The molecule has 0 saturated heterocycles. The summed E-state index contributed by atoms with van der Waals surface area (Å²) in [5.41, 5.74) is 0.127. The zero-order valence-corrected chi connectivity index (χ0v) is 25.3. The van der Waals surface area contributed by atoms with Crippen molar-refractivity contribution in [1.82, 2.24) is 15.6 Å². The minimum atomic E-state index is -2.25. The minimum Gasteiger partial charge on any atom is -0.506 e. The molecule has 0 aliphatic rings. The summed E-state index contributed by atoms with van der Waals surface area (Å²) in [5, 5.41) is 48.2. The summed E-state index contributed by atoms with van der Waals surface area (Å²) in [4.78, 5) is 38.9. The molecule has 11 nitrogen and oxygen atoms in total. The third kappa shape index (κ3) is 7.67. The first kappa shape index (κ1) is 32.9. The molecule has 11 heteroatoms. The molecule has 1 aromatic heterocycles. The van der Waals surface area contributed by atoms with Gasteiger partial charge in [0.2, 0.25) is 11.2 Å². The molecule has 2 unspecified atom stereocenters. The number of carbonyl (C=O) groups excluding carboxylic acids is 1. The van der Waals surface area contributed by atoms with E-state index in [0.717, 1.165) is 5.56 Å². The number of fused-ring (bicyclic) bond motifs is 1. The van der Waals surface area contributed by atoms with Crippen molar-refractivity contribution in [3.63, 3.8) is 0 Å². The van der Waals surface area contributed by atoms with Gasteiger partial charge in [0.25, 0.3) is 5.91 Å². The Kier molecular flexibility index (Phi) is 10.3. The fraction of sp³-hybridized carbons (Fsp3) is 0.194. The number of carbonyl (C=O) groups is 2. The second-order valence-electron chi connectivity index (χ2n) is 11.0. The topological polar surface area (TPSA) is 181 Å². The molecule has 1 heterocycles. The van der Waals surface area contributed by atoms with Crippen molar-refractivity contribution in [1.29, 1.82) is 0 Å². The molecule has 242 valence electrons. The van der Waals surface area contributed by atoms with Gasteiger partial charge in [-0.25, -0.2) is 4.79 Å². The Morgan fingerprint density at radius 3 is 2.36 bits per heavy atom. The number of carboxylic acid groups (broad SMARTS) is 1. The van der Waals surface area contributed by atoms with Crippen LogP contribution in [0.2, 0.25) is 0 Å². The first-order chi connectivity index (χ1) is 22.7. The summed E-state index contributed by atoms with van der Waals surface area (Å²) in [7, 11) is 0. The summed E-state index contributed by atoms with van der Waals surface area (Å²) in [5.74, 6) is -1.40. The zero-order chi connectivity index (χ0) is 33.4. The number of benzene rings is 4. The molecular formula is C36H35N3O8. The van der Waals surface area contributed by atoms with Crippen LogP contribution in [-0.4, -0.2) is 63.5 Å². The highest BCUT2D eigenvalue weighted by Crippen LogP contribution is 2.32. The van der Waals surface area contributed by atoms with Crippen LogP contribution in [0.25, 0.3) is 10.9 Å². The molecule has 7 N–H and O–H groups in total. The second-order valence-corrected chi connectivity index (χ2v) is 11.0. The van der Waals surface area contributed by atoms with Crippen molar-refractivity contribution in [3.8, 4) is 11.5 Å². The van der Waals surface area contributed by atoms with E-state index in [9.17, 15) is 34.8 Å².